The van der Waals surface area contributed by atoms with Gasteiger partial charge in [0.1, 0.15) is 6.54 Å². The second-order valence-electron chi connectivity index (χ2n) is 8.51. The molecule has 2 aromatic heterocycles. The third-order valence-electron chi connectivity index (χ3n) is 5.91. The smallest absolute Gasteiger partial charge is 0.264 e. The highest BCUT2D eigenvalue weighted by Gasteiger charge is 2.26. The number of carbonyl (C=O) groups excluding carboxylic acids is 2. The number of hydrogen-bond acceptors (Lipinski definition) is 5. The fourth-order valence-electron chi connectivity index (χ4n) is 4.19. The van der Waals surface area contributed by atoms with Crippen LogP contribution in [-0.4, -0.2) is 52.1 Å². The summed E-state index contributed by atoms with van der Waals surface area (Å²) in [6.45, 7) is 0.930. The van der Waals surface area contributed by atoms with Crippen LogP contribution in [0.15, 0.2) is 78.3 Å². The number of hydrogen-bond donors (Lipinski definition) is 1. The number of benzene rings is 2. The number of anilines is 1. The number of aromatic nitrogens is 2. The van der Waals surface area contributed by atoms with Crippen LogP contribution < -0.4 is 5.32 Å². The zero-order chi connectivity index (χ0) is 24.9. The van der Waals surface area contributed by atoms with Crippen molar-refractivity contribution in [1.29, 1.82) is 0 Å². The maximum atomic E-state index is 13.2. The number of thiophene rings is 1. The molecule has 1 saturated heterocycles. The van der Waals surface area contributed by atoms with E-state index in [2.05, 4.69) is 5.32 Å². The summed E-state index contributed by atoms with van der Waals surface area (Å²) in [5.41, 5.74) is 2.39. The number of carbonyl (C=O) groups is 2. The fourth-order valence-corrected chi connectivity index (χ4v) is 5.06. The maximum Gasteiger partial charge on any atom is 0.264 e. The van der Waals surface area contributed by atoms with E-state index in [9.17, 15) is 9.59 Å². The minimum absolute atomic E-state index is 0.0696. The molecule has 184 valence electrons. The predicted octanol–water partition coefficient (Wildman–Crippen LogP) is 5.51. The van der Waals surface area contributed by atoms with Crippen molar-refractivity contribution < 1.29 is 14.3 Å². The highest BCUT2D eigenvalue weighted by atomic mass is 35.5. The molecule has 7 nitrogen and oxygen atoms in total. The standard InChI is InChI=1S/C27H25ClN4O3S/c28-20-9-4-10-21(15-20)32-17-23(19-7-2-1-3-8-19)29-27(32)30-25(33)18-31(16-22-11-5-13-35-22)26(34)24-12-6-14-36-24/h1-4,6-10,12,14-15,17,22H,5,11,13,16,18H2,(H,29,30,33)/t22-/m1/s1. The van der Waals surface area contributed by atoms with Crippen molar-refractivity contribution in [3.8, 4) is 16.9 Å². The van der Waals surface area contributed by atoms with Crippen LogP contribution in [0.4, 0.5) is 5.95 Å². The number of imidazole rings is 1. The second kappa shape index (κ2) is 11.1. The van der Waals surface area contributed by atoms with E-state index in [-0.39, 0.29) is 24.5 Å². The van der Waals surface area contributed by atoms with Gasteiger partial charge in [-0.1, -0.05) is 54.1 Å². The molecule has 0 unspecified atom stereocenters. The molecule has 4 aromatic rings. The Hall–Kier alpha value is -3.46. The molecule has 0 aliphatic carbocycles. The molecule has 1 aliphatic heterocycles. The lowest BCUT2D eigenvalue weighted by molar-refractivity contribution is -0.117. The van der Waals surface area contributed by atoms with Gasteiger partial charge >= 0.3 is 0 Å². The molecular formula is C27H25ClN4O3S. The maximum absolute atomic E-state index is 13.2. The Labute approximate surface area is 218 Å². The zero-order valence-corrected chi connectivity index (χ0v) is 21.0. The molecule has 0 radical (unpaired) electrons. The molecule has 2 amide bonds. The van der Waals surface area contributed by atoms with Gasteiger partial charge in [0, 0.05) is 35.6 Å². The highest BCUT2D eigenvalue weighted by molar-refractivity contribution is 7.12. The number of ether oxygens (including phenoxy) is 1. The van der Waals surface area contributed by atoms with E-state index in [1.807, 2.05) is 60.1 Å². The van der Waals surface area contributed by atoms with Crippen LogP contribution in [0.2, 0.25) is 5.02 Å². The Balaban J connectivity index is 1.40. The van der Waals surface area contributed by atoms with Crippen molar-refractivity contribution in [3.05, 3.63) is 88.2 Å². The van der Waals surface area contributed by atoms with E-state index in [4.69, 9.17) is 21.3 Å². The number of rotatable bonds is 8. The van der Waals surface area contributed by atoms with E-state index >= 15 is 0 Å². The topological polar surface area (TPSA) is 76.5 Å². The van der Waals surface area contributed by atoms with Crippen molar-refractivity contribution in [2.45, 2.75) is 18.9 Å². The summed E-state index contributed by atoms with van der Waals surface area (Å²) in [6, 6.07) is 20.6. The summed E-state index contributed by atoms with van der Waals surface area (Å²) in [4.78, 5) is 33.2. The van der Waals surface area contributed by atoms with Gasteiger partial charge in [0.25, 0.3) is 5.91 Å². The summed E-state index contributed by atoms with van der Waals surface area (Å²) in [5.74, 6) is -0.174. The van der Waals surface area contributed by atoms with Gasteiger partial charge in [0.15, 0.2) is 0 Å². The Morgan fingerprint density at radius 2 is 2.00 bits per heavy atom. The second-order valence-corrected chi connectivity index (χ2v) is 9.90. The molecule has 1 fully saturated rings. The van der Waals surface area contributed by atoms with Crippen LogP contribution >= 0.6 is 22.9 Å². The average Bonchev–Trinajstić information content (AvgIpc) is 3.66. The lowest BCUT2D eigenvalue weighted by atomic mass is 10.2. The van der Waals surface area contributed by atoms with Crippen LogP contribution in [0.25, 0.3) is 16.9 Å². The number of amides is 2. The van der Waals surface area contributed by atoms with E-state index < -0.39 is 0 Å². The first-order chi connectivity index (χ1) is 17.6. The largest absolute Gasteiger partial charge is 0.376 e. The quantitative estimate of drug-likeness (QED) is 0.332. The van der Waals surface area contributed by atoms with Crippen molar-refractivity contribution in [2.24, 2.45) is 0 Å². The molecule has 1 aliphatic rings. The molecule has 1 N–H and O–H groups in total. The van der Waals surface area contributed by atoms with Crippen molar-refractivity contribution in [1.82, 2.24) is 14.5 Å². The van der Waals surface area contributed by atoms with E-state index in [0.29, 0.717) is 34.7 Å². The Morgan fingerprint density at radius 3 is 2.72 bits per heavy atom. The normalized spacial score (nSPS) is 15.1. The first kappa shape index (κ1) is 24.2. The SMILES string of the molecule is O=C(CN(C[C@H]1CCCO1)C(=O)c1cccs1)Nc1nc(-c2ccccc2)cn1-c1cccc(Cl)c1. The van der Waals surface area contributed by atoms with Crippen LogP contribution in [0.1, 0.15) is 22.5 Å². The van der Waals surface area contributed by atoms with E-state index in [0.717, 1.165) is 24.1 Å². The molecule has 0 saturated carbocycles. The average molecular weight is 521 g/mol. The Kier molecular flexibility index (Phi) is 7.46. The Bertz CT molecular complexity index is 1330. The molecular weight excluding hydrogens is 496 g/mol. The van der Waals surface area contributed by atoms with Gasteiger partial charge in [-0.15, -0.1) is 11.3 Å². The lowest BCUT2D eigenvalue weighted by Gasteiger charge is -2.24. The van der Waals surface area contributed by atoms with Gasteiger partial charge in [-0.05, 0) is 42.5 Å². The monoisotopic (exact) mass is 520 g/mol. The van der Waals surface area contributed by atoms with Gasteiger partial charge < -0.3 is 9.64 Å². The van der Waals surface area contributed by atoms with E-state index in [1.165, 1.54) is 11.3 Å². The summed E-state index contributed by atoms with van der Waals surface area (Å²) in [7, 11) is 0. The van der Waals surface area contributed by atoms with Crippen LogP contribution in [-0.2, 0) is 9.53 Å². The Morgan fingerprint density at radius 1 is 1.14 bits per heavy atom. The fraction of sp³-hybridized carbons (Fsp3) is 0.222. The first-order valence-electron chi connectivity index (χ1n) is 11.7. The molecule has 3 heterocycles. The first-order valence-corrected chi connectivity index (χ1v) is 13.0. The zero-order valence-electron chi connectivity index (χ0n) is 19.5. The molecule has 2 aromatic carbocycles. The van der Waals surface area contributed by atoms with Gasteiger partial charge in [0.05, 0.1) is 16.7 Å². The summed E-state index contributed by atoms with van der Waals surface area (Å²) >= 11 is 7.59. The summed E-state index contributed by atoms with van der Waals surface area (Å²) in [6.07, 6.45) is 3.62. The highest BCUT2D eigenvalue weighted by Crippen LogP contribution is 2.26. The number of nitrogens with one attached hydrogen (secondary N) is 1. The third-order valence-corrected chi connectivity index (χ3v) is 7.01. The van der Waals surface area contributed by atoms with Crippen molar-refractivity contribution in [3.63, 3.8) is 0 Å². The minimum atomic E-state index is -0.341. The van der Waals surface area contributed by atoms with Crippen LogP contribution in [0, 0.1) is 0 Å². The van der Waals surface area contributed by atoms with Crippen molar-refractivity contribution in [2.75, 3.05) is 25.0 Å². The summed E-state index contributed by atoms with van der Waals surface area (Å²) in [5, 5.41) is 5.34. The van der Waals surface area contributed by atoms with Gasteiger partial charge in [-0.3, -0.25) is 19.5 Å². The molecule has 1 atom stereocenters. The number of nitrogens with zero attached hydrogens (tertiary/aromatic N) is 3. The van der Waals surface area contributed by atoms with Gasteiger partial charge in [0.2, 0.25) is 11.9 Å². The van der Waals surface area contributed by atoms with Crippen LogP contribution in [0.5, 0.6) is 0 Å². The molecule has 9 heteroatoms. The van der Waals surface area contributed by atoms with Crippen molar-refractivity contribution >= 4 is 40.7 Å². The minimum Gasteiger partial charge on any atom is -0.376 e. The molecule has 0 spiro atoms. The molecule has 0 bridgehead atoms. The summed E-state index contributed by atoms with van der Waals surface area (Å²) < 4.78 is 7.53. The lowest BCUT2D eigenvalue weighted by Crippen LogP contribution is -2.42. The molecule has 36 heavy (non-hydrogen) atoms. The van der Waals surface area contributed by atoms with Crippen LogP contribution in [0.3, 0.4) is 0 Å². The van der Waals surface area contributed by atoms with E-state index in [1.54, 1.807) is 27.7 Å². The number of halogens is 1. The van der Waals surface area contributed by atoms with Gasteiger partial charge in [-0.2, -0.15) is 0 Å². The predicted molar refractivity (Wildman–Crippen MR) is 142 cm³/mol. The third kappa shape index (κ3) is 5.67. The van der Waals surface area contributed by atoms with Gasteiger partial charge in [-0.25, -0.2) is 4.98 Å². The molecule has 5 rings (SSSR count).